The van der Waals surface area contributed by atoms with Gasteiger partial charge in [0, 0.05) is 31.5 Å². The van der Waals surface area contributed by atoms with Crippen molar-refractivity contribution in [2.45, 2.75) is 53.5 Å². The molecule has 4 nitrogen and oxygen atoms in total. The van der Waals surface area contributed by atoms with E-state index in [0.29, 0.717) is 13.1 Å². The van der Waals surface area contributed by atoms with E-state index in [1.165, 1.54) is 5.56 Å². The van der Waals surface area contributed by atoms with E-state index >= 15 is 0 Å². The molecule has 1 aliphatic rings. The first-order valence-corrected chi connectivity index (χ1v) is 9.24. The van der Waals surface area contributed by atoms with E-state index in [-0.39, 0.29) is 29.2 Å². The summed E-state index contributed by atoms with van der Waals surface area (Å²) in [5.74, 6) is 0.387. The minimum Gasteiger partial charge on any atom is -0.342 e. The molecule has 1 fully saturated rings. The minimum atomic E-state index is -0.354. The van der Waals surface area contributed by atoms with Gasteiger partial charge in [-0.2, -0.15) is 0 Å². The topological polar surface area (TPSA) is 40.6 Å². The summed E-state index contributed by atoms with van der Waals surface area (Å²) >= 11 is 0. The van der Waals surface area contributed by atoms with Crippen LogP contribution in [0.3, 0.4) is 0 Å². The largest absolute Gasteiger partial charge is 0.342 e. The first-order chi connectivity index (χ1) is 11.6. The normalized spacial score (nSPS) is 17.3. The van der Waals surface area contributed by atoms with Gasteiger partial charge in [0.2, 0.25) is 11.8 Å². The number of rotatable bonds is 3. The third-order valence-electron chi connectivity index (χ3n) is 5.26. The van der Waals surface area contributed by atoms with Gasteiger partial charge < -0.3 is 9.80 Å². The first-order valence-electron chi connectivity index (χ1n) is 9.24. The molecule has 2 rings (SSSR count). The van der Waals surface area contributed by atoms with E-state index in [1.54, 1.807) is 0 Å². The molecule has 1 aliphatic heterocycles. The third-order valence-corrected chi connectivity index (χ3v) is 5.26. The van der Waals surface area contributed by atoms with Gasteiger partial charge in [-0.3, -0.25) is 9.59 Å². The molecular formula is C21H32N2O2. The van der Waals surface area contributed by atoms with Gasteiger partial charge in [-0.1, -0.05) is 50.6 Å². The van der Waals surface area contributed by atoms with Crippen molar-refractivity contribution in [2.75, 3.05) is 20.1 Å². The molecule has 1 saturated heterocycles. The Kier molecular flexibility index (Phi) is 5.91. The van der Waals surface area contributed by atoms with Crippen LogP contribution >= 0.6 is 0 Å². The molecule has 1 unspecified atom stereocenters. The van der Waals surface area contributed by atoms with Gasteiger partial charge in [0.1, 0.15) is 0 Å². The molecule has 0 saturated carbocycles. The van der Waals surface area contributed by atoms with Gasteiger partial charge in [0.25, 0.3) is 0 Å². The highest BCUT2D eigenvalue weighted by Crippen LogP contribution is 2.27. The Bertz CT molecular complexity index is 608. The van der Waals surface area contributed by atoms with Crippen molar-refractivity contribution in [1.82, 2.24) is 9.80 Å². The fraction of sp³-hybridized carbons (Fsp3) is 0.619. The highest BCUT2D eigenvalue weighted by Gasteiger charge is 2.34. The van der Waals surface area contributed by atoms with Crippen LogP contribution in [-0.2, 0) is 9.59 Å². The zero-order chi connectivity index (χ0) is 18.8. The van der Waals surface area contributed by atoms with Gasteiger partial charge in [-0.15, -0.1) is 0 Å². The second kappa shape index (κ2) is 7.59. The van der Waals surface area contributed by atoms with Crippen LogP contribution in [0.4, 0.5) is 0 Å². The summed E-state index contributed by atoms with van der Waals surface area (Å²) in [6.45, 7) is 11.3. The number of aryl methyl sites for hydroxylation is 1. The van der Waals surface area contributed by atoms with Gasteiger partial charge in [0.15, 0.2) is 0 Å². The molecule has 4 heteroatoms. The maximum Gasteiger partial charge on any atom is 0.227 e. The maximum atomic E-state index is 12.9. The van der Waals surface area contributed by atoms with Crippen molar-refractivity contribution in [3.63, 3.8) is 0 Å². The number of amides is 2. The van der Waals surface area contributed by atoms with E-state index in [9.17, 15) is 9.59 Å². The van der Waals surface area contributed by atoms with E-state index in [0.717, 1.165) is 18.4 Å². The highest BCUT2D eigenvalue weighted by molar-refractivity contribution is 5.82. The molecule has 138 valence electrons. The summed E-state index contributed by atoms with van der Waals surface area (Å²) in [4.78, 5) is 29.0. The quantitative estimate of drug-likeness (QED) is 0.837. The summed E-state index contributed by atoms with van der Waals surface area (Å²) in [5.41, 5.74) is 2.02. The lowest BCUT2D eigenvalue weighted by atomic mass is 9.90. The molecule has 25 heavy (non-hydrogen) atoms. The number of hydrogen-bond donors (Lipinski definition) is 0. The number of carbonyl (C=O) groups is 2. The number of piperidine rings is 1. The number of likely N-dealkylation sites (tertiary alicyclic amines) is 1. The van der Waals surface area contributed by atoms with E-state index < -0.39 is 0 Å². The van der Waals surface area contributed by atoms with E-state index in [2.05, 4.69) is 38.1 Å². The van der Waals surface area contributed by atoms with Crippen molar-refractivity contribution in [1.29, 1.82) is 0 Å². The fourth-order valence-electron chi connectivity index (χ4n) is 3.35. The predicted octanol–water partition coefficient (Wildman–Crippen LogP) is 3.80. The molecule has 1 heterocycles. The Balaban J connectivity index is 1.95. The van der Waals surface area contributed by atoms with E-state index in [1.807, 2.05) is 37.6 Å². The van der Waals surface area contributed by atoms with Crippen LogP contribution in [0.5, 0.6) is 0 Å². The minimum absolute atomic E-state index is 0.0157. The van der Waals surface area contributed by atoms with Crippen LogP contribution in [0.1, 0.15) is 57.7 Å². The molecule has 0 spiro atoms. The Hall–Kier alpha value is -1.84. The molecule has 1 atom stereocenters. The van der Waals surface area contributed by atoms with Crippen molar-refractivity contribution in [3.8, 4) is 0 Å². The number of carbonyl (C=O) groups excluding carboxylic acids is 2. The lowest BCUT2D eigenvalue weighted by Gasteiger charge is -2.37. The average molecular weight is 344 g/mol. The summed E-state index contributed by atoms with van der Waals surface area (Å²) in [6, 6.07) is 8.41. The van der Waals surface area contributed by atoms with Crippen LogP contribution in [0.25, 0.3) is 0 Å². The van der Waals surface area contributed by atoms with Crippen molar-refractivity contribution in [3.05, 3.63) is 35.4 Å². The molecule has 0 aliphatic carbocycles. The Morgan fingerprint density at radius 3 is 2.12 bits per heavy atom. The molecule has 0 radical (unpaired) electrons. The molecule has 1 aromatic rings. The Labute approximate surface area is 152 Å². The third kappa shape index (κ3) is 4.62. The van der Waals surface area contributed by atoms with Crippen LogP contribution in [0.15, 0.2) is 24.3 Å². The number of benzene rings is 1. The number of nitrogens with zero attached hydrogens (tertiary/aromatic N) is 2. The average Bonchev–Trinajstić information content (AvgIpc) is 2.59. The maximum absolute atomic E-state index is 12.9. The zero-order valence-electron chi connectivity index (χ0n) is 16.5. The second-order valence-corrected chi connectivity index (χ2v) is 8.35. The summed E-state index contributed by atoms with van der Waals surface area (Å²) in [7, 11) is 1.89. The van der Waals surface area contributed by atoms with Crippen LogP contribution < -0.4 is 0 Å². The van der Waals surface area contributed by atoms with E-state index in [4.69, 9.17) is 0 Å². The SMILES string of the molecule is Cc1ccc(C(C)N(C)C(=O)C2CCN(C(=O)C(C)(C)C)CC2)cc1. The summed E-state index contributed by atoms with van der Waals surface area (Å²) in [5, 5.41) is 0. The summed E-state index contributed by atoms with van der Waals surface area (Å²) < 4.78 is 0. The van der Waals surface area contributed by atoms with Crippen LogP contribution in [0, 0.1) is 18.3 Å². The molecule has 0 bridgehead atoms. The van der Waals surface area contributed by atoms with Crippen LogP contribution in [-0.4, -0.2) is 41.8 Å². The highest BCUT2D eigenvalue weighted by atomic mass is 16.2. The number of hydrogen-bond acceptors (Lipinski definition) is 2. The van der Waals surface area contributed by atoms with Gasteiger partial charge in [0.05, 0.1) is 6.04 Å². The zero-order valence-corrected chi connectivity index (χ0v) is 16.5. The molecule has 0 aromatic heterocycles. The first kappa shape index (κ1) is 19.5. The van der Waals surface area contributed by atoms with Gasteiger partial charge >= 0.3 is 0 Å². The summed E-state index contributed by atoms with van der Waals surface area (Å²) in [6.07, 6.45) is 1.51. The molecule has 2 amide bonds. The lowest BCUT2D eigenvalue weighted by molar-refractivity contribution is -0.145. The lowest BCUT2D eigenvalue weighted by Crippen LogP contribution is -2.47. The monoisotopic (exact) mass is 344 g/mol. The predicted molar refractivity (Wildman–Crippen MR) is 101 cm³/mol. The van der Waals surface area contributed by atoms with Crippen molar-refractivity contribution in [2.24, 2.45) is 11.3 Å². The standard InChI is InChI=1S/C21H32N2O2/c1-15-7-9-17(10-8-15)16(2)22(6)19(24)18-11-13-23(14-12-18)20(25)21(3,4)5/h7-10,16,18H,11-14H2,1-6H3. The smallest absolute Gasteiger partial charge is 0.227 e. The molecular weight excluding hydrogens is 312 g/mol. The fourth-order valence-corrected chi connectivity index (χ4v) is 3.35. The van der Waals surface area contributed by atoms with Gasteiger partial charge in [-0.25, -0.2) is 0 Å². The molecule has 1 aromatic carbocycles. The second-order valence-electron chi connectivity index (χ2n) is 8.35. The van der Waals surface area contributed by atoms with Crippen molar-refractivity contribution < 1.29 is 9.59 Å². The van der Waals surface area contributed by atoms with Crippen LogP contribution in [0.2, 0.25) is 0 Å². The Morgan fingerprint density at radius 1 is 1.12 bits per heavy atom. The Morgan fingerprint density at radius 2 is 1.64 bits per heavy atom. The molecule has 0 N–H and O–H groups in total. The van der Waals surface area contributed by atoms with Crippen molar-refractivity contribution >= 4 is 11.8 Å². The van der Waals surface area contributed by atoms with Gasteiger partial charge in [-0.05, 0) is 32.3 Å².